The van der Waals surface area contributed by atoms with Crippen LogP contribution in [-0.4, -0.2) is 41.7 Å². The zero-order chi connectivity index (χ0) is 15.1. The van der Waals surface area contributed by atoms with Gasteiger partial charge in [0.2, 0.25) is 0 Å². The minimum atomic E-state index is 0.102. The highest BCUT2D eigenvalue weighted by atomic mass is 16.1. The Morgan fingerprint density at radius 3 is 2.71 bits per heavy atom. The van der Waals surface area contributed by atoms with Gasteiger partial charge in [-0.05, 0) is 57.8 Å². The summed E-state index contributed by atoms with van der Waals surface area (Å²) in [6.07, 6.45) is 5.62. The molecule has 1 aliphatic heterocycles. The molecule has 1 N–H and O–H groups in total. The van der Waals surface area contributed by atoms with Crippen LogP contribution in [0.4, 0.5) is 0 Å². The van der Waals surface area contributed by atoms with Crippen molar-refractivity contribution in [2.75, 3.05) is 26.2 Å². The molecule has 0 amide bonds. The van der Waals surface area contributed by atoms with Crippen molar-refractivity contribution < 1.29 is 0 Å². The standard InChI is InChI=1S/C17H29N3O/c1-3-9-18-15(2)16-7-11-19(12-8-16)13-14-20-10-5-4-6-17(20)21/h4-6,10,15-16,18H,3,7-9,11-14H2,1-2H3. The zero-order valence-electron chi connectivity index (χ0n) is 13.4. The fourth-order valence-corrected chi connectivity index (χ4v) is 3.11. The topological polar surface area (TPSA) is 37.3 Å². The van der Waals surface area contributed by atoms with Crippen LogP contribution in [0.1, 0.15) is 33.1 Å². The second-order valence-electron chi connectivity index (χ2n) is 6.15. The summed E-state index contributed by atoms with van der Waals surface area (Å²) in [7, 11) is 0. The molecule has 118 valence electrons. The third-order valence-corrected chi connectivity index (χ3v) is 4.61. The van der Waals surface area contributed by atoms with Crippen LogP contribution in [0.2, 0.25) is 0 Å². The molecule has 0 saturated carbocycles. The first-order valence-corrected chi connectivity index (χ1v) is 8.32. The number of likely N-dealkylation sites (tertiary alicyclic amines) is 1. The molecule has 4 nitrogen and oxygen atoms in total. The number of aromatic nitrogens is 1. The molecule has 0 spiro atoms. The molecule has 4 heteroatoms. The SMILES string of the molecule is CCCNC(C)C1CCN(CCn2ccccc2=O)CC1. The van der Waals surface area contributed by atoms with Crippen molar-refractivity contribution >= 4 is 0 Å². The molecule has 1 unspecified atom stereocenters. The molecule has 1 aromatic heterocycles. The lowest BCUT2D eigenvalue weighted by Gasteiger charge is -2.35. The van der Waals surface area contributed by atoms with Gasteiger partial charge in [0.05, 0.1) is 0 Å². The average molecular weight is 291 g/mol. The van der Waals surface area contributed by atoms with Crippen LogP contribution in [0.5, 0.6) is 0 Å². The van der Waals surface area contributed by atoms with Crippen LogP contribution in [0, 0.1) is 5.92 Å². The zero-order valence-corrected chi connectivity index (χ0v) is 13.4. The van der Waals surface area contributed by atoms with E-state index in [2.05, 4.69) is 24.1 Å². The summed E-state index contributed by atoms with van der Waals surface area (Å²) >= 11 is 0. The fraction of sp³-hybridized carbons (Fsp3) is 0.706. The van der Waals surface area contributed by atoms with E-state index in [9.17, 15) is 4.79 Å². The van der Waals surface area contributed by atoms with Crippen LogP contribution >= 0.6 is 0 Å². The highest BCUT2D eigenvalue weighted by Crippen LogP contribution is 2.20. The second kappa shape index (κ2) is 8.35. The average Bonchev–Trinajstić information content (AvgIpc) is 2.52. The summed E-state index contributed by atoms with van der Waals surface area (Å²) in [5.41, 5.74) is 0.102. The summed E-state index contributed by atoms with van der Waals surface area (Å²) in [6, 6.07) is 5.99. The van der Waals surface area contributed by atoms with Crippen molar-refractivity contribution in [1.82, 2.24) is 14.8 Å². The number of hydrogen-bond donors (Lipinski definition) is 1. The van der Waals surface area contributed by atoms with Crippen molar-refractivity contribution in [1.29, 1.82) is 0 Å². The lowest BCUT2D eigenvalue weighted by molar-refractivity contribution is 0.158. The Kier molecular flexibility index (Phi) is 6.46. The lowest BCUT2D eigenvalue weighted by atomic mass is 9.90. The number of piperidine rings is 1. The number of rotatable bonds is 7. The number of nitrogens with one attached hydrogen (secondary N) is 1. The van der Waals surface area contributed by atoms with Gasteiger partial charge in [-0.1, -0.05) is 13.0 Å². The predicted octanol–water partition coefficient (Wildman–Crippen LogP) is 1.95. The highest BCUT2D eigenvalue weighted by molar-refractivity contribution is 4.93. The van der Waals surface area contributed by atoms with E-state index in [1.165, 1.54) is 19.3 Å². The van der Waals surface area contributed by atoms with E-state index in [4.69, 9.17) is 0 Å². The van der Waals surface area contributed by atoms with Gasteiger partial charge in [0.1, 0.15) is 0 Å². The minimum Gasteiger partial charge on any atom is -0.314 e. The minimum absolute atomic E-state index is 0.102. The third-order valence-electron chi connectivity index (χ3n) is 4.61. The fourth-order valence-electron chi connectivity index (χ4n) is 3.11. The quantitative estimate of drug-likeness (QED) is 0.834. The largest absolute Gasteiger partial charge is 0.314 e. The summed E-state index contributed by atoms with van der Waals surface area (Å²) in [6.45, 7) is 9.75. The molecule has 0 radical (unpaired) electrons. The van der Waals surface area contributed by atoms with Crippen LogP contribution < -0.4 is 10.9 Å². The van der Waals surface area contributed by atoms with Crippen molar-refractivity contribution in [3.63, 3.8) is 0 Å². The first kappa shape index (κ1) is 16.2. The van der Waals surface area contributed by atoms with Gasteiger partial charge in [-0.15, -0.1) is 0 Å². The molecule has 1 saturated heterocycles. The first-order valence-electron chi connectivity index (χ1n) is 8.32. The normalized spacial score (nSPS) is 18.8. The van der Waals surface area contributed by atoms with Crippen LogP contribution in [0.3, 0.4) is 0 Å². The Morgan fingerprint density at radius 2 is 2.05 bits per heavy atom. The van der Waals surface area contributed by atoms with Gasteiger partial charge < -0.3 is 14.8 Å². The summed E-state index contributed by atoms with van der Waals surface area (Å²) in [5, 5.41) is 3.62. The van der Waals surface area contributed by atoms with Gasteiger partial charge in [-0.2, -0.15) is 0 Å². The van der Waals surface area contributed by atoms with Gasteiger partial charge >= 0.3 is 0 Å². The summed E-state index contributed by atoms with van der Waals surface area (Å²) in [5.74, 6) is 0.798. The molecule has 1 aliphatic rings. The molecule has 21 heavy (non-hydrogen) atoms. The summed E-state index contributed by atoms with van der Waals surface area (Å²) < 4.78 is 1.80. The molecule has 1 aromatic rings. The van der Waals surface area contributed by atoms with Crippen molar-refractivity contribution in [3.8, 4) is 0 Å². The Labute approximate surface area is 128 Å². The maximum Gasteiger partial charge on any atom is 0.250 e. The van der Waals surface area contributed by atoms with E-state index in [1.54, 1.807) is 16.7 Å². The molecule has 2 heterocycles. The maximum absolute atomic E-state index is 11.7. The van der Waals surface area contributed by atoms with E-state index in [0.717, 1.165) is 38.6 Å². The highest BCUT2D eigenvalue weighted by Gasteiger charge is 2.23. The van der Waals surface area contributed by atoms with Crippen LogP contribution in [0.25, 0.3) is 0 Å². The van der Waals surface area contributed by atoms with Gasteiger partial charge in [0.15, 0.2) is 0 Å². The smallest absolute Gasteiger partial charge is 0.250 e. The Bertz CT molecular complexity index is 463. The van der Waals surface area contributed by atoms with Gasteiger partial charge in [-0.25, -0.2) is 0 Å². The molecule has 0 bridgehead atoms. The second-order valence-corrected chi connectivity index (χ2v) is 6.15. The molecule has 0 aliphatic carbocycles. The predicted molar refractivity (Wildman–Crippen MR) is 87.6 cm³/mol. The van der Waals surface area contributed by atoms with Gasteiger partial charge in [-0.3, -0.25) is 4.79 Å². The molecular formula is C17H29N3O. The Hall–Kier alpha value is -1.13. The first-order chi connectivity index (χ1) is 10.2. The summed E-state index contributed by atoms with van der Waals surface area (Å²) in [4.78, 5) is 14.2. The number of pyridine rings is 1. The Morgan fingerprint density at radius 1 is 1.29 bits per heavy atom. The van der Waals surface area contributed by atoms with Gasteiger partial charge in [0.25, 0.3) is 5.56 Å². The monoisotopic (exact) mass is 291 g/mol. The number of nitrogens with zero attached hydrogens (tertiary/aromatic N) is 2. The van der Waals surface area contributed by atoms with Crippen molar-refractivity contribution in [3.05, 3.63) is 34.7 Å². The third kappa shape index (κ3) is 4.97. The van der Waals surface area contributed by atoms with Crippen LogP contribution in [0.15, 0.2) is 29.2 Å². The lowest BCUT2D eigenvalue weighted by Crippen LogP contribution is -2.43. The van der Waals surface area contributed by atoms with E-state index in [0.29, 0.717) is 6.04 Å². The van der Waals surface area contributed by atoms with Gasteiger partial charge in [0, 0.05) is 31.4 Å². The van der Waals surface area contributed by atoms with Crippen molar-refractivity contribution in [2.24, 2.45) is 5.92 Å². The van der Waals surface area contributed by atoms with E-state index in [1.807, 2.05) is 12.3 Å². The van der Waals surface area contributed by atoms with Crippen molar-refractivity contribution in [2.45, 2.75) is 45.7 Å². The molecular weight excluding hydrogens is 262 g/mol. The van der Waals surface area contributed by atoms with E-state index < -0.39 is 0 Å². The number of hydrogen-bond acceptors (Lipinski definition) is 3. The molecule has 2 rings (SSSR count). The van der Waals surface area contributed by atoms with E-state index in [-0.39, 0.29) is 5.56 Å². The Balaban J connectivity index is 1.72. The molecule has 0 aromatic carbocycles. The van der Waals surface area contributed by atoms with Crippen LogP contribution in [-0.2, 0) is 6.54 Å². The molecule has 1 atom stereocenters. The van der Waals surface area contributed by atoms with E-state index >= 15 is 0 Å². The maximum atomic E-state index is 11.7. The molecule has 1 fully saturated rings.